The van der Waals surface area contributed by atoms with E-state index in [4.69, 9.17) is 5.73 Å². The molecule has 0 aliphatic carbocycles. The van der Waals surface area contributed by atoms with E-state index < -0.39 is 0 Å². The van der Waals surface area contributed by atoms with E-state index >= 15 is 0 Å². The molecule has 1 atom stereocenters. The highest BCUT2D eigenvalue weighted by molar-refractivity contribution is 9.10. The average Bonchev–Trinajstić information content (AvgIpc) is 2.85. The van der Waals surface area contributed by atoms with Crippen molar-refractivity contribution < 1.29 is 0 Å². The second-order valence-electron chi connectivity index (χ2n) is 4.44. The number of nitrogens with zero attached hydrogens (tertiary/aromatic N) is 1. The van der Waals surface area contributed by atoms with Crippen molar-refractivity contribution >= 4 is 38.2 Å². The van der Waals surface area contributed by atoms with Crippen molar-refractivity contribution in [1.29, 1.82) is 0 Å². The molecular weight excluding hydrogens is 320 g/mol. The van der Waals surface area contributed by atoms with Gasteiger partial charge in [-0.15, -0.1) is 11.3 Å². The summed E-state index contributed by atoms with van der Waals surface area (Å²) >= 11 is 5.21. The zero-order valence-electron chi connectivity index (χ0n) is 10.2. The van der Waals surface area contributed by atoms with Gasteiger partial charge >= 0.3 is 0 Å². The van der Waals surface area contributed by atoms with Crippen LogP contribution in [0.25, 0.3) is 10.9 Å². The Labute approximate surface area is 124 Å². The molecule has 1 unspecified atom stereocenters. The summed E-state index contributed by atoms with van der Waals surface area (Å²) in [5.74, 6) is 0. The van der Waals surface area contributed by atoms with Crippen LogP contribution in [-0.2, 0) is 6.42 Å². The van der Waals surface area contributed by atoms with Gasteiger partial charge in [0.2, 0.25) is 0 Å². The first-order valence-electron chi connectivity index (χ1n) is 6.07. The molecule has 0 bridgehead atoms. The van der Waals surface area contributed by atoms with Gasteiger partial charge in [-0.05, 0) is 39.5 Å². The Bertz CT molecular complexity index is 708. The molecule has 2 heterocycles. The lowest BCUT2D eigenvalue weighted by Crippen LogP contribution is -2.13. The molecule has 0 aliphatic rings. The topological polar surface area (TPSA) is 38.9 Å². The van der Waals surface area contributed by atoms with Crippen molar-refractivity contribution in [2.75, 3.05) is 0 Å². The van der Waals surface area contributed by atoms with Gasteiger partial charge in [0.1, 0.15) is 0 Å². The average molecular weight is 333 g/mol. The minimum Gasteiger partial charge on any atom is -0.323 e. The first-order valence-corrected chi connectivity index (χ1v) is 7.74. The maximum atomic E-state index is 6.26. The summed E-state index contributed by atoms with van der Waals surface area (Å²) < 4.78 is 1.09. The van der Waals surface area contributed by atoms with Crippen LogP contribution in [0.1, 0.15) is 16.6 Å². The predicted octanol–water partition coefficient (Wildman–Crippen LogP) is 4.30. The molecule has 19 heavy (non-hydrogen) atoms. The van der Waals surface area contributed by atoms with Crippen molar-refractivity contribution in [3.05, 3.63) is 62.9 Å². The molecule has 3 aromatic rings. The summed E-state index contributed by atoms with van der Waals surface area (Å²) in [6, 6.07) is 14.3. The van der Waals surface area contributed by atoms with E-state index in [0.29, 0.717) is 0 Å². The molecule has 0 saturated carbocycles. The number of benzene rings is 1. The summed E-state index contributed by atoms with van der Waals surface area (Å²) in [5.41, 5.74) is 8.32. The maximum Gasteiger partial charge on any atom is 0.0705 e. The van der Waals surface area contributed by atoms with Crippen LogP contribution in [0.4, 0.5) is 0 Å². The van der Waals surface area contributed by atoms with Gasteiger partial charge in [-0.3, -0.25) is 4.98 Å². The molecule has 3 rings (SSSR count). The third-order valence-electron chi connectivity index (χ3n) is 3.07. The van der Waals surface area contributed by atoms with E-state index in [0.717, 1.165) is 27.5 Å². The Morgan fingerprint density at radius 1 is 1.16 bits per heavy atom. The van der Waals surface area contributed by atoms with Gasteiger partial charge < -0.3 is 5.73 Å². The molecule has 0 spiro atoms. The highest BCUT2D eigenvalue weighted by atomic mass is 79.9. The molecule has 1 aromatic carbocycles. The normalized spacial score (nSPS) is 12.7. The van der Waals surface area contributed by atoms with Crippen molar-refractivity contribution in [1.82, 2.24) is 4.98 Å². The van der Waals surface area contributed by atoms with E-state index in [1.165, 1.54) is 4.88 Å². The van der Waals surface area contributed by atoms with Crippen LogP contribution >= 0.6 is 27.3 Å². The first kappa shape index (κ1) is 12.8. The Balaban J connectivity index is 1.87. The number of hydrogen-bond donors (Lipinski definition) is 1. The SMILES string of the molecule is NC(Cc1ccc2ccccc2n1)c1sccc1Br. The molecule has 2 nitrogen and oxygen atoms in total. The second kappa shape index (κ2) is 5.41. The van der Waals surface area contributed by atoms with Crippen LogP contribution in [0.2, 0.25) is 0 Å². The van der Waals surface area contributed by atoms with Crippen LogP contribution in [-0.4, -0.2) is 4.98 Å². The first-order chi connectivity index (χ1) is 9.24. The zero-order chi connectivity index (χ0) is 13.2. The summed E-state index contributed by atoms with van der Waals surface area (Å²) in [6.07, 6.45) is 0.754. The highest BCUT2D eigenvalue weighted by Crippen LogP contribution is 2.29. The van der Waals surface area contributed by atoms with Crippen molar-refractivity contribution in [3.8, 4) is 0 Å². The molecule has 0 amide bonds. The number of aromatic nitrogens is 1. The third-order valence-corrected chi connectivity index (χ3v) is 5.07. The van der Waals surface area contributed by atoms with Crippen LogP contribution in [0, 0.1) is 0 Å². The fourth-order valence-corrected chi connectivity index (χ4v) is 3.78. The lowest BCUT2D eigenvalue weighted by atomic mass is 10.1. The molecular formula is C15H13BrN2S. The fraction of sp³-hybridized carbons (Fsp3) is 0.133. The number of nitrogens with two attached hydrogens (primary N) is 1. The number of halogens is 1. The largest absolute Gasteiger partial charge is 0.323 e. The van der Waals surface area contributed by atoms with Crippen molar-refractivity contribution in [2.24, 2.45) is 5.73 Å². The summed E-state index contributed by atoms with van der Waals surface area (Å²) in [4.78, 5) is 5.84. The maximum absolute atomic E-state index is 6.26. The number of para-hydroxylation sites is 1. The van der Waals surface area contributed by atoms with Crippen molar-refractivity contribution in [3.63, 3.8) is 0 Å². The second-order valence-corrected chi connectivity index (χ2v) is 6.24. The number of fused-ring (bicyclic) bond motifs is 1. The van der Waals surface area contributed by atoms with Gasteiger partial charge in [-0.25, -0.2) is 0 Å². The monoisotopic (exact) mass is 332 g/mol. The highest BCUT2D eigenvalue weighted by Gasteiger charge is 2.13. The Morgan fingerprint density at radius 3 is 2.79 bits per heavy atom. The van der Waals surface area contributed by atoms with Gasteiger partial charge in [-0.2, -0.15) is 0 Å². The quantitative estimate of drug-likeness (QED) is 0.776. The Hall–Kier alpha value is -1.23. The molecule has 2 N–H and O–H groups in total. The summed E-state index contributed by atoms with van der Waals surface area (Å²) in [6.45, 7) is 0. The number of thiophene rings is 1. The van der Waals surface area contributed by atoms with Gasteiger partial charge in [-0.1, -0.05) is 24.3 Å². The van der Waals surface area contributed by atoms with Gasteiger partial charge in [0.15, 0.2) is 0 Å². The number of hydrogen-bond acceptors (Lipinski definition) is 3. The van der Waals surface area contributed by atoms with Crippen LogP contribution in [0.5, 0.6) is 0 Å². The smallest absolute Gasteiger partial charge is 0.0705 e. The number of pyridine rings is 1. The number of rotatable bonds is 3. The van der Waals surface area contributed by atoms with E-state index in [1.54, 1.807) is 11.3 Å². The molecule has 0 saturated heterocycles. The van der Waals surface area contributed by atoms with Crippen LogP contribution < -0.4 is 5.73 Å². The molecule has 4 heteroatoms. The van der Waals surface area contributed by atoms with E-state index in [-0.39, 0.29) is 6.04 Å². The predicted molar refractivity (Wildman–Crippen MR) is 84.4 cm³/mol. The summed E-state index contributed by atoms with van der Waals surface area (Å²) in [5, 5.41) is 3.21. The fourth-order valence-electron chi connectivity index (χ4n) is 2.11. The minimum atomic E-state index is -0.0111. The van der Waals surface area contributed by atoms with Gasteiger partial charge in [0, 0.05) is 32.9 Å². The van der Waals surface area contributed by atoms with Crippen LogP contribution in [0.3, 0.4) is 0 Å². The van der Waals surface area contributed by atoms with Crippen LogP contribution in [0.15, 0.2) is 52.3 Å². The lowest BCUT2D eigenvalue weighted by Gasteiger charge is -2.10. The zero-order valence-corrected chi connectivity index (χ0v) is 12.6. The van der Waals surface area contributed by atoms with E-state index in [9.17, 15) is 0 Å². The minimum absolute atomic E-state index is 0.0111. The summed E-state index contributed by atoms with van der Waals surface area (Å²) in [7, 11) is 0. The molecule has 0 fully saturated rings. The van der Waals surface area contributed by atoms with Crippen molar-refractivity contribution in [2.45, 2.75) is 12.5 Å². The van der Waals surface area contributed by atoms with E-state index in [1.807, 2.05) is 29.6 Å². The third kappa shape index (κ3) is 2.71. The van der Waals surface area contributed by atoms with E-state index in [2.05, 4.69) is 39.1 Å². The Kier molecular flexibility index (Phi) is 3.64. The lowest BCUT2D eigenvalue weighted by molar-refractivity contribution is 0.720. The molecule has 96 valence electrons. The molecule has 0 radical (unpaired) electrons. The molecule has 0 aliphatic heterocycles. The standard InChI is InChI=1S/C15H13BrN2S/c16-12-7-8-19-15(12)13(17)9-11-6-5-10-3-1-2-4-14(10)18-11/h1-8,13H,9,17H2. The van der Waals surface area contributed by atoms with Gasteiger partial charge in [0.05, 0.1) is 5.52 Å². The van der Waals surface area contributed by atoms with Gasteiger partial charge in [0.25, 0.3) is 0 Å². The molecule has 2 aromatic heterocycles. The Morgan fingerprint density at radius 2 is 2.00 bits per heavy atom.